The first kappa shape index (κ1) is 29.7. The fourth-order valence-electron chi connectivity index (χ4n) is 3.43. The summed E-state index contributed by atoms with van der Waals surface area (Å²) in [6, 6.07) is 3.39. The first-order chi connectivity index (χ1) is 16.3. The quantitative estimate of drug-likeness (QED) is 0.329. The second-order valence-electron chi connectivity index (χ2n) is 9.68. The maximum absolute atomic E-state index is 13.8. The predicted octanol–water partition coefficient (Wildman–Crippen LogP) is 2.75. The molecule has 0 radical (unpaired) electrons. The number of rotatable bonds is 12. The number of hydrogen-bond donors (Lipinski definition) is 4. The summed E-state index contributed by atoms with van der Waals surface area (Å²) < 4.78 is 5.29. The van der Waals surface area contributed by atoms with Crippen molar-refractivity contribution in [1.82, 2.24) is 15.5 Å². The van der Waals surface area contributed by atoms with Crippen LogP contribution in [0.4, 0.5) is 4.79 Å². The van der Waals surface area contributed by atoms with Crippen LogP contribution in [0, 0.1) is 0 Å². The van der Waals surface area contributed by atoms with Crippen molar-refractivity contribution in [2.75, 3.05) is 6.54 Å². The fourth-order valence-corrected chi connectivity index (χ4v) is 3.43. The van der Waals surface area contributed by atoms with Crippen molar-refractivity contribution < 1.29 is 29.0 Å². The van der Waals surface area contributed by atoms with Crippen LogP contribution in [0.3, 0.4) is 0 Å². The third kappa shape index (κ3) is 10.2. The lowest BCUT2D eigenvalue weighted by molar-refractivity contribution is -0.144. The van der Waals surface area contributed by atoms with E-state index in [1.165, 1.54) is 17.0 Å². The van der Waals surface area contributed by atoms with Crippen LogP contribution in [-0.2, 0) is 19.1 Å². The minimum atomic E-state index is -1.15. The SMILES string of the molecule is CCCCNC(=O)C(c1ccc(O)cc1)N(C(=O)C(CCC(N)=O)NC(=O)OC(C)(C)C)C(C)C. The highest BCUT2D eigenvalue weighted by molar-refractivity contribution is 5.92. The standard InChI is InChI=1S/C25H40N4O6/c1-7-8-15-27-22(32)21(17-9-11-18(30)12-10-17)29(16(2)3)23(33)19(13-14-20(26)31)28-24(34)35-25(4,5)6/h9-12,16,19,21,30H,7-8,13-15H2,1-6H3,(H2,26,31)(H,27,32)(H,28,34). The number of phenols is 1. The molecule has 0 aliphatic heterocycles. The van der Waals surface area contributed by atoms with Crippen LogP contribution in [0.1, 0.15) is 78.8 Å². The highest BCUT2D eigenvalue weighted by Crippen LogP contribution is 2.27. The Kier molecular flexibility index (Phi) is 11.5. The Morgan fingerprint density at radius 1 is 1.11 bits per heavy atom. The maximum atomic E-state index is 13.8. The molecule has 0 heterocycles. The van der Waals surface area contributed by atoms with Crippen LogP contribution in [0.25, 0.3) is 0 Å². The molecule has 10 heteroatoms. The minimum Gasteiger partial charge on any atom is -0.508 e. The molecule has 0 fully saturated rings. The highest BCUT2D eigenvalue weighted by Gasteiger charge is 2.37. The number of nitrogens with one attached hydrogen (secondary N) is 2. The molecule has 0 saturated carbocycles. The van der Waals surface area contributed by atoms with Gasteiger partial charge in [0.1, 0.15) is 23.4 Å². The van der Waals surface area contributed by atoms with Gasteiger partial charge in [-0.25, -0.2) is 4.79 Å². The van der Waals surface area contributed by atoms with E-state index in [0.717, 1.165) is 12.8 Å². The average Bonchev–Trinajstić information content (AvgIpc) is 2.73. The number of hydrogen-bond acceptors (Lipinski definition) is 6. The first-order valence-corrected chi connectivity index (χ1v) is 11.9. The van der Waals surface area contributed by atoms with Gasteiger partial charge in [0.15, 0.2) is 0 Å². The van der Waals surface area contributed by atoms with E-state index in [4.69, 9.17) is 10.5 Å². The molecule has 5 N–H and O–H groups in total. The van der Waals surface area contributed by atoms with Crippen LogP contribution >= 0.6 is 0 Å². The van der Waals surface area contributed by atoms with E-state index in [1.807, 2.05) is 6.92 Å². The Labute approximate surface area is 207 Å². The van der Waals surface area contributed by atoms with Crippen molar-refractivity contribution in [3.63, 3.8) is 0 Å². The van der Waals surface area contributed by atoms with Crippen LogP contribution in [-0.4, -0.2) is 58.1 Å². The normalized spacial score (nSPS) is 13.0. The van der Waals surface area contributed by atoms with E-state index in [-0.39, 0.29) is 18.6 Å². The third-order valence-corrected chi connectivity index (χ3v) is 5.04. The van der Waals surface area contributed by atoms with E-state index >= 15 is 0 Å². The summed E-state index contributed by atoms with van der Waals surface area (Å²) in [7, 11) is 0. The summed E-state index contributed by atoms with van der Waals surface area (Å²) in [5.41, 5.74) is 4.99. The van der Waals surface area contributed by atoms with Gasteiger partial charge in [-0.15, -0.1) is 0 Å². The lowest BCUT2D eigenvalue weighted by atomic mass is 9.99. The number of unbranched alkanes of at least 4 members (excludes halogenated alkanes) is 1. The number of amides is 4. The molecule has 1 rings (SSSR count). The molecular formula is C25H40N4O6. The van der Waals surface area contributed by atoms with E-state index in [9.17, 15) is 24.3 Å². The summed E-state index contributed by atoms with van der Waals surface area (Å²) in [5.74, 6) is -1.56. The zero-order valence-electron chi connectivity index (χ0n) is 21.6. The second-order valence-corrected chi connectivity index (χ2v) is 9.68. The molecule has 1 aromatic rings. The number of nitrogens with zero attached hydrogens (tertiary/aromatic N) is 1. The number of primary amides is 1. The van der Waals surface area contributed by atoms with Crippen molar-refractivity contribution in [3.8, 4) is 5.75 Å². The molecule has 4 amide bonds. The van der Waals surface area contributed by atoms with E-state index in [0.29, 0.717) is 12.1 Å². The molecule has 0 aliphatic rings. The molecule has 2 unspecified atom stereocenters. The van der Waals surface area contributed by atoms with Crippen LogP contribution in [0.2, 0.25) is 0 Å². The summed E-state index contributed by atoms with van der Waals surface area (Å²) in [4.78, 5) is 52.4. The molecule has 0 bridgehead atoms. The van der Waals surface area contributed by atoms with Gasteiger partial charge in [0.25, 0.3) is 0 Å². The van der Waals surface area contributed by atoms with Gasteiger partial charge in [-0.05, 0) is 65.2 Å². The van der Waals surface area contributed by atoms with Crippen molar-refractivity contribution in [2.24, 2.45) is 5.73 Å². The number of aromatic hydroxyl groups is 1. The summed E-state index contributed by atoms with van der Waals surface area (Å²) in [6.45, 7) is 11.0. The number of alkyl carbamates (subject to hydrolysis) is 1. The molecule has 0 aliphatic carbocycles. The van der Waals surface area contributed by atoms with Crippen LogP contribution < -0.4 is 16.4 Å². The highest BCUT2D eigenvalue weighted by atomic mass is 16.6. The lowest BCUT2D eigenvalue weighted by Crippen LogP contribution is -2.55. The number of carbonyl (C=O) groups is 4. The van der Waals surface area contributed by atoms with E-state index in [1.54, 1.807) is 46.8 Å². The Morgan fingerprint density at radius 3 is 2.20 bits per heavy atom. The van der Waals surface area contributed by atoms with Crippen LogP contribution in [0.15, 0.2) is 24.3 Å². The number of carbonyl (C=O) groups excluding carboxylic acids is 4. The molecule has 0 saturated heterocycles. The number of ether oxygens (including phenoxy) is 1. The number of nitrogens with two attached hydrogens (primary N) is 1. The third-order valence-electron chi connectivity index (χ3n) is 5.04. The van der Waals surface area contributed by atoms with Crippen molar-refractivity contribution in [1.29, 1.82) is 0 Å². The van der Waals surface area contributed by atoms with Gasteiger partial charge in [-0.2, -0.15) is 0 Å². The summed E-state index contributed by atoms with van der Waals surface area (Å²) >= 11 is 0. The topological polar surface area (TPSA) is 151 Å². The Morgan fingerprint density at radius 2 is 1.71 bits per heavy atom. The van der Waals surface area contributed by atoms with Gasteiger partial charge in [-0.1, -0.05) is 25.5 Å². The van der Waals surface area contributed by atoms with Crippen molar-refractivity contribution in [2.45, 2.75) is 91.0 Å². The predicted molar refractivity (Wildman–Crippen MR) is 132 cm³/mol. The fraction of sp³-hybridized carbons (Fsp3) is 0.600. The molecule has 35 heavy (non-hydrogen) atoms. The van der Waals surface area contributed by atoms with Gasteiger partial charge in [0.2, 0.25) is 17.7 Å². The summed E-state index contributed by atoms with van der Waals surface area (Å²) in [5, 5.41) is 15.1. The molecular weight excluding hydrogens is 452 g/mol. The summed E-state index contributed by atoms with van der Waals surface area (Å²) in [6.07, 6.45) is 0.621. The van der Waals surface area contributed by atoms with Gasteiger partial charge >= 0.3 is 6.09 Å². The maximum Gasteiger partial charge on any atom is 0.408 e. The van der Waals surface area contributed by atoms with Gasteiger partial charge in [0, 0.05) is 19.0 Å². The van der Waals surface area contributed by atoms with Crippen LogP contribution in [0.5, 0.6) is 5.75 Å². The van der Waals surface area contributed by atoms with Crippen molar-refractivity contribution in [3.05, 3.63) is 29.8 Å². The smallest absolute Gasteiger partial charge is 0.408 e. The monoisotopic (exact) mass is 492 g/mol. The Balaban J connectivity index is 3.39. The molecule has 0 aromatic heterocycles. The molecule has 196 valence electrons. The first-order valence-electron chi connectivity index (χ1n) is 11.9. The number of phenolic OH excluding ortho intramolecular Hbond substituents is 1. The minimum absolute atomic E-state index is 0.0206. The van der Waals surface area contributed by atoms with Crippen molar-refractivity contribution >= 4 is 23.8 Å². The van der Waals surface area contributed by atoms with Gasteiger partial charge in [-0.3, -0.25) is 14.4 Å². The largest absolute Gasteiger partial charge is 0.508 e. The van der Waals surface area contributed by atoms with E-state index < -0.39 is 47.5 Å². The van der Waals surface area contributed by atoms with Gasteiger partial charge in [0.05, 0.1) is 0 Å². The lowest BCUT2D eigenvalue weighted by Gasteiger charge is -2.37. The second kappa shape index (κ2) is 13.6. The molecule has 0 spiro atoms. The molecule has 2 atom stereocenters. The van der Waals surface area contributed by atoms with E-state index in [2.05, 4.69) is 10.6 Å². The average molecular weight is 493 g/mol. The molecule has 1 aromatic carbocycles. The molecule has 10 nitrogen and oxygen atoms in total. The van der Waals surface area contributed by atoms with Gasteiger partial charge < -0.3 is 31.1 Å². The number of benzene rings is 1. The Bertz CT molecular complexity index is 864. The zero-order chi connectivity index (χ0) is 26.8. The zero-order valence-corrected chi connectivity index (χ0v) is 21.6. The Hall–Kier alpha value is -3.30.